The number of aryl methyl sites for hydroxylation is 1. The lowest BCUT2D eigenvalue weighted by molar-refractivity contribution is -0.123. The van der Waals surface area contributed by atoms with Gasteiger partial charge in [0.15, 0.2) is 0 Å². The van der Waals surface area contributed by atoms with E-state index in [1.807, 2.05) is 42.2 Å². The molecule has 5 nitrogen and oxygen atoms in total. The summed E-state index contributed by atoms with van der Waals surface area (Å²) in [5.74, 6) is 0.00269. The summed E-state index contributed by atoms with van der Waals surface area (Å²) in [5.41, 5.74) is 3.25. The molecule has 1 atom stereocenters. The predicted molar refractivity (Wildman–Crippen MR) is 110 cm³/mol. The Morgan fingerprint density at radius 2 is 1.64 bits per heavy atom. The van der Waals surface area contributed by atoms with E-state index < -0.39 is 10.0 Å². The van der Waals surface area contributed by atoms with Gasteiger partial charge in [-0.05, 0) is 56.9 Å². The SMILES string of the molecule is Cc1ccc(S(=O)(=O)N2CCC(C(=O)N3c4ccccc4CC3C)CC2)cc1. The van der Waals surface area contributed by atoms with E-state index in [4.69, 9.17) is 0 Å². The van der Waals surface area contributed by atoms with E-state index in [0.29, 0.717) is 30.8 Å². The average Bonchev–Trinajstić information content (AvgIpc) is 3.03. The largest absolute Gasteiger partial charge is 0.309 e. The molecule has 0 radical (unpaired) electrons. The van der Waals surface area contributed by atoms with Gasteiger partial charge in [-0.15, -0.1) is 0 Å². The van der Waals surface area contributed by atoms with Gasteiger partial charge >= 0.3 is 0 Å². The smallest absolute Gasteiger partial charge is 0.243 e. The minimum absolute atomic E-state index is 0.127. The van der Waals surface area contributed by atoms with Crippen LogP contribution in [-0.4, -0.2) is 37.8 Å². The van der Waals surface area contributed by atoms with Crippen molar-refractivity contribution in [1.29, 1.82) is 0 Å². The van der Waals surface area contributed by atoms with Gasteiger partial charge in [-0.1, -0.05) is 35.9 Å². The number of hydrogen-bond acceptors (Lipinski definition) is 3. The fraction of sp³-hybridized carbons (Fsp3) is 0.409. The first-order valence-electron chi connectivity index (χ1n) is 9.86. The van der Waals surface area contributed by atoms with Crippen molar-refractivity contribution in [2.75, 3.05) is 18.0 Å². The molecule has 0 spiro atoms. The predicted octanol–water partition coefficient (Wildman–Crippen LogP) is 3.37. The summed E-state index contributed by atoms with van der Waals surface area (Å²) in [5, 5.41) is 0. The minimum Gasteiger partial charge on any atom is -0.309 e. The summed E-state index contributed by atoms with van der Waals surface area (Å²) in [6.07, 6.45) is 2.01. The number of piperidine rings is 1. The van der Waals surface area contributed by atoms with Crippen molar-refractivity contribution in [2.24, 2.45) is 5.92 Å². The van der Waals surface area contributed by atoms with Crippen LogP contribution in [-0.2, 0) is 21.2 Å². The number of para-hydroxylation sites is 1. The summed E-state index contributed by atoms with van der Waals surface area (Å²) >= 11 is 0. The molecule has 2 heterocycles. The fourth-order valence-electron chi connectivity index (χ4n) is 4.30. The lowest BCUT2D eigenvalue weighted by Gasteiger charge is -2.34. The van der Waals surface area contributed by atoms with E-state index in [0.717, 1.165) is 17.7 Å². The van der Waals surface area contributed by atoms with Crippen molar-refractivity contribution in [3.8, 4) is 0 Å². The van der Waals surface area contributed by atoms with Crippen molar-refractivity contribution in [2.45, 2.75) is 44.0 Å². The molecule has 2 aromatic carbocycles. The van der Waals surface area contributed by atoms with Crippen LogP contribution in [0, 0.1) is 12.8 Å². The summed E-state index contributed by atoms with van der Waals surface area (Å²) < 4.78 is 27.3. The van der Waals surface area contributed by atoms with Gasteiger partial charge in [-0.25, -0.2) is 8.42 Å². The van der Waals surface area contributed by atoms with Crippen LogP contribution in [0.3, 0.4) is 0 Å². The molecule has 2 aromatic rings. The summed E-state index contributed by atoms with van der Waals surface area (Å²) in [4.78, 5) is 15.4. The second-order valence-electron chi connectivity index (χ2n) is 7.88. The van der Waals surface area contributed by atoms with Gasteiger partial charge in [0.2, 0.25) is 15.9 Å². The summed E-state index contributed by atoms with van der Waals surface area (Å²) in [7, 11) is -3.50. The van der Waals surface area contributed by atoms with Crippen LogP contribution in [0.25, 0.3) is 0 Å². The highest BCUT2D eigenvalue weighted by atomic mass is 32.2. The molecular formula is C22H26N2O3S. The van der Waals surface area contributed by atoms with Crippen molar-refractivity contribution in [3.63, 3.8) is 0 Å². The number of fused-ring (bicyclic) bond motifs is 1. The lowest BCUT2D eigenvalue weighted by Crippen LogP contribution is -2.46. The standard InChI is InChI=1S/C22H26N2O3S/c1-16-7-9-20(10-8-16)28(26,27)23-13-11-18(12-14-23)22(25)24-17(2)15-19-5-3-4-6-21(19)24/h3-10,17-18H,11-15H2,1-2H3. The number of amides is 1. The molecule has 1 amide bonds. The third kappa shape index (κ3) is 3.35. The molecule has 148 valence electrons. The van der Waals surface area contributed by atoms with Crippen molar-refractivity contribution in [1.82, 2.24) is 4.31 Å². The van der Waals surface area contributed by atoms with Crippen LogP contribution in [0.5, 0.6) is 0 Å². The zero-order valence-electron chi connectivity index (χ0n) is 16.3. The second kappa shape index (κ2) is 7.33. The Balaban J connectivity index is 1.46. The van der Waals surface area contributed by atoms with E-state index >= 15 is 0 Å². The Labute approximate surface area is 167 Å². The van der Waals surface area contributed by atoms with Crippen LogP contribution < -0.4 is 4.90 Å². The van der Waals surface area contributed by atoms with Crippen molar-refractivity contribution < 1.29 is 13.2 Å². The summed E-state index contributed by atoms with van der Waals surface area (Å²) in [6.45, 7) is 4.78. The van der Waals surface area contributed by atoms with E-state index in [2.05, 4.69) is 13.0 Å². The highest BCUT2D eigenvalue weighted by molar-refractivity contribution is 7.89. The molecule has 0 saturated carbocycles. The topological polar surface area (TPSA) is 57.7 Å². The Morgan fingerprint density at radius 3 is 2.32 bits per heavy atom. The third-order valence-corrected chi connectivity index (χ3v) is 7.82. The molecule has 0 aromatic heterocycles. The summed E-state index contributed by atoms with van der Waals surface area (Å²) in [6, 6.07) is 15.2. The molecule has 28 heavy (non-hydrogen) atoms. The van der Waals surface area contributed by atoms with Crippen LogP contribution in [0.2, 0.25) is 0 Å². The van der Waals surface area contributed by atoms with Crippen molar-refractivity contribution >= 4 is 21.6 Å². The molecule has 2 aliphatic rings. The minimum atomic E-state index is -3.50. The van der Waals surface area contributed by atoms with E-state index in [1.165, 1.54) is 9.87 Å². The first-order chi connectivity index (χ1) is 13.4. The number of carbonyl (C=O) groups excluding carboxylic acids is 1. The van der Waals surface area contributed by atoms with Crippen molar-refractivity contribution in [3.05, 3.63) is 59.7 Å². The maximum absolute atomic E-state index is 13.2. The van der Waals surface area contributed by atoms with Gasteiger partial charge in [0.1, 0.15) is 0 Å². The Hall–Kier alpha value is -2.18. The fourth-order valence-corrected chi connectivity index (χ4v) is 5.77. The zero-order valence-corrected chi connectivity index (χ0v) is 17.2. The highest BCUT2D eigenvalue weighted by Crippen LogP contribution is 2.35. The average molecular weight is 399 g/mol. The second-order valence-corrected chi connectivity index (χ2v) is 9.82. The third-order valence-electron chi connectivity index (χ3n) is 5.91. The Morgan fingerprint density at radius 1 is 1.00 bits per heavy atom. The van der Waals surface area contributed by atoms with Crippen LogP contribution in [0.1, 0.15) is 30.9 Å². The first kappa shape index (κ1) is 19.2. The molecule has 4 rings (SSSR count). The normalized spacial score (nSPS) is 20.9. The van der Waals surface area contributed by atoms with Crippen LogP contribution in [0.4, 0.5) is 5.69 Å². The molecule has 1 unspecified atom stereocenters. The number of rotatable bonds is 3. The molecule has 1 fully saturated rings. The van der Waals surface area contributed by atoms with Gasteiger partial charge < -0.3 is 4.90 Å². The zero-order chi connectivity index (χ0) is 19.9. The molecule has 1 saturated heterocycles. The van der Waals surface area contributed by atoms with Gasteiger partial charge in [0, 0.05) is 30.7 Å². The number of anilines is 1. The monoisotopic (exact) mass is 398 g/mol. The molecular weight excluding hydrogens is 372 g/mol. The van der Waals surface area contributed by atoms with E-state index in [9.17, 15) is 13.2 Å². The number of benzene rings is 2. The van der Waals surface area contributed by atoms with Gasteiger partial charge in [-0.3, -0.25) is 4.79 Å². The molecule has 6 heteroatoms. The molecule has 2 aliphatic heterocycles. The highest BCUT2D eigenvalue weighted by Gasteiger charge is 2.38. The van der Waals surface area contributed by atoms with Crippen LogP contribution >= 0.6 is 0 Å². The number of carbonyl (C=O) groups is 1. The van der Waals surface area contributed by atoms with Crippen LogP contribution in [0.15, 0.2) is 53.4 Å². The van der Waals surface area contributed by atoms with E-state index in [1.54, 1.807) is 12.1 Å². The Bertz CT molecular complexity index is 977. The van der Waals surface area contributed by atoms with Gasteiger partial charge in [-0.2, -0.15) is 4.31 Å². The quantitative estimate of drug-likeness (QED) is 0.796. The van der Waals surface area contributed by atoms with E-state index in [-0.39, 0.29) is 17.9 Å². The van der Waals surface area contributed by atoms with Gasteiger partial charge in [0.25, 0.3) is 0 Å². The maximum Gasteiger partial charge on any atom is 0.243 e. The number of sulfonamides is 1. The molecule has 0 bridgehead atoms. The first-order valence-corrected chi connectivity index (χ1v) is 11.3. The maximum atomic E-state index is 13.2. The number of nitrogens with zero attached hydrogens (tertiary/aromatic N) is 2. The Kier molecular flexibility index (Phi) is 5.02. The lowest BCUT2D eigenvalue weighted by atomic mass is 9.96. The number of hydrogen-bond donors (Lipinski definition) is 0. The van der Waals surface area contributed by atoms with Gasteiger partial charge in [0.05, 0.1) is 4.90 Å². The molecule has 0 aliphatic carbocycles. The molecule has 0 N–H and O–H groups in total.